The van der Waals surface area contributed by atoms with Crippen molar-refractivity contribution in [3.63, 3.8) is 0 Å². The van der Waals surface area contributed by atoms with E-state index in [1.54, 1.807) is 19.1 Å². The minimum atomic E-state index is -0.464. The molecule has 0 aliphatic carbocycles. The number of halogens is 1. The number of esters is 1. The van der Waals surface area contributed by atoms with Crippen LogP contribution >= 0.6 is 23.1 Å². The molecule has 0 aliphatic heterocycles. The Kier molecular flexibility index (Phi) is 6.65. The number of carbonyl (C=O) groups excluding carboxylic acids is 2. The van der Waals surface area contributed by atoms with E-state index in [9.17, 15) is 14.0 Å². The van der Waals surface area contributed by atoms with Gasteiger partial charge in [-0.05, 0) is 44.5 Å². The second kappa shape index (κ2) is 9.19. The van der Waals surface area contributed by atoms with Crippen molar-refractivity contribution < 1.29 is 23.1 Å². The summed E-state index contributed by atoms with van der Waals surface area (Å²) in [6, 6.07) is 5.79. The topological polar surface area (TPSA) is 94.3 Å². The van der Waals surface area contributed by atoms with Crippen molar-refractivity contribution in [3.05, 3.63) is 46.1 Å². The minimum Gasteiger partial charge on any atom is -0.462 e. The van der Waals surface area contributed by atoms with Crippen molar-refractivity contribution in [2.24, 2.45) is 0 Å². The Morgan fingerprint density at radius 2 is 2.10 bits per heavy atom. The van der Waals surface area contributed by atoms with Crippen LogP contribution in [0.3, 0.4) is 0 Å². The molecule has 0 saturated heterocycles. The van der Waals surface area contributed by atoms with Gasteiger partial charge in [-0.25, -0.2) is 9.18 Å². The molecule has 0 saturated carbocycles. The van der Waals surface area contributed by atoms with Gasteiger partial charge in [-0.15, -0.1) is 21.5 Å². The van der Waals surface area contributed by atoms with Crippen LogP contribution in [0.25, 0.3) is 11.5 Å². The number of amides is 1. The van der Waals surface area contributed by atoms with Gasteiger partial charge in [0.25, 0.3) is 5.22 Å². The lowest BCUT2D eigenvalue weighted by atomic mass is 10.1. The number of hydrogen-bond acceptors (Lipinski definition) is 8. The lowest BCUT2D eigenvalue weighted by Gasteiger charge is -2.06. The fraction of sp³-hybridized carbons (Fsp3) is 0.263. The summed E-state index contributed by atoms with van der Waals surface area (Å²) in [7, 11) is 0. The van der Waals surface area contributed by atoms with E-state index in [4.69, 9.17) is 9.15 Å². The lowest BCUT2D eigenvalue weighted by molar-refractivity contribution is -0.113. The number of ether oxygens (including phenoxy) is 1. The lowest BCUT2D eigenvalue weighted by Crippen LogP contribution is -2.16. The number of benzene rings is 1. The number of carbonyl (C=O) groups is 2. The van der Waals surface area contributed by atoms with Gasteiger partial charge in [-0.3, -0.25) is 4.79 Å². The smallest absolute Gasteiger partial charge is 0.341 e. The van der Waals surface area contributed by atoms with Crippen LogP contribution in [0.15, 0.2) is 33.9 Å². The fourth-order valence-electron chi connectivity index (χ4n) is 2.46. The highest BCUT2D eigenvalue weighted by Crippen LogP contribution is 2.33. The Hall–Kier alpha value is -2.72. The van der Waals surface area contributed by atoms with Crippen molar-refractivity contribution >= 4 is 40.0 Å². The van der Waals surface area contributed by atoms with Crippen LogP contribution in [0.2, 0.25) is 0 Å². The molecule has 152 valence electrons. The summed E-state index contributed by atoms with van der Waals surface area (Å²) < 4.78 is 23.9. The third kappa shape index (κ3) is 5.01. The van der Waals surface area contributed by atoms with Crippen LogP contribution < -0.4 is 5.32 Å². The Bertz CT molecular complexity index is 1050. The average Bonchev–Trinajstić information content (AvgIpc) is 3.25. The molecule has 3 aromatic rings. The number of nitrogens with one attached hydrogen (secondary N) is 1. The number of hydrogen-bond donors (Lipinski definition) is 1. The van der Waals surface area contributed by atoms with Crippen molar-refractivity contribution in [1.82, 2.24) is 10.2 Å². The maximum absolute atomic E-state index is 13.3. The summed E-state index contributed by atoms with van der Waals surface area (Å²) in [6.45, 7) is 5.67. The van der Waals surface area contributed by atoms with Gasteiger partial charge in [-0.2, -0.15) is 0 Å². The SMILES string of the molecule is CCOC(=O)c1c(NC(=O)CSc2nnc(-c3cccc(F)c3)o2)sc(C)c1C. The van der Waals surface area contributed by atoms with Crippen molar-refractivity contribution in [1.29, 1.82) is 0 Å². The Morgan fingerprint density at radius 3 is 2.83 bits per heavy atom. The maximum Gasteiger partial charge on any atom is 0.341 e. The van der Waals surface area contributed by atoms with Crippen LogP contribution in [-0.4, -0.2) is 34.4 Å². The molecule has 29 heavy (non-hydrogen) atoms. The largest absolute Gasteiger partial charge is 0.462 e. The third-order valence-corrected chi connectivity index (χ3v) is 5.86. The van der Waals surface area contributed by atoms with Gasteiger partial charge in [0.1, 0.15) is 10.8 Å². The monoisotopic (exact) mass is 435 g/mol. The first kappa shape index (κ1) is 21.0. The van der Waals surface area contributed by atoms with E-state index in [1.165, 1.54) is 23.5 Å². The van der Waals surface area contributed by atoms with Gasteiger partial charge in [0.2, 0.25) is 11.8 Å². The first-order valence-electron chi connectivity index (χ1n) is 8.68. The highest BCUT2D eigenvalue weighted by molar-refractivity contribution is 7.99. The molecular formula is C19H18FN3O4S2. The second-order valence-corrected chi connectivity index (χ2v) is 8.08. The molecule has 0 atom stereocenters. The molecule has 2 aromatic heterocycles. The zero-order chi connectivity index (χ0) is 21.0. The third-order valence-electron chi connectivity index (χ3n) is 3.92. The van der Waals surface area contributed by atoms with Crippen molar-refractivity contribution in [3.8, 4) is 11.5 Å². The second-order valence-electron chi connectivity index (χ2n) is 5.93. The molecule has 0 spiro atoms. The minimum absolute atomic E-state index is 0.00302. The van der Waals surface area contributed by atoms with E-state index in [-0.39, 0.29) is 29.4 Å². The summed E-state index contributed by atoms with van der Waals surface area (Å²) in [5, 5.41) is 11.1. The molecule has 2 heterocycles. The molecule has 0 aliphatic rings. The fourth-order valence-corrected chi connectivity index (χ4v) is 4.09. The van der Waals surface area contributed by atoms with E-state index in [1.807, 2.05) is 13.8 Å². The van der Waals surface area contributed by atoms with E-state index in [2.05, 4.69) is 15.5 Å². The molecule has 10 heteroatoms. The molecule has 7 nitrogen and oxygen atoms in total. The van der Waals surface area contributed by atoms with Gasteiger partial charge < -0.3 is 14.5 Å². The van der Waals surface area contributed by atoms with Crippen LogP contribution in [0.5, 0.6) is 0 Å². The summed E-state index contributed by atoms with van der Waals surface area (Å²) >= 11 is 2.36. The summed E-state index contributed by atoms with van der Waals surface area (Å²) in [4.78, 5) is 25.5. The predicted octanol–water partition coefficient (Wildman–Crippen LogP) is 4.46. The van der Waals surface area contributed by atoms with E-state index in [0.717, 1.165) is 22.2 Å². The van der Waals surface area contributed by atoms with Crippen molar-refractivity contribution in [2.45, 2.75) is 26.0 Å². The molecule has 0 unspecified atom stereocenters. The number of aromatic nitrogens is 2. The zero-order valence-electron chi connectivity index (χ0n) is 15.9. The first-order chi connectivity index (χ1) is 13.9. The maximum atomic E-state index is 13.3. The number of anilines is 1. The highest BCUT2D eigenvalue weighted by atomic mass is 32.2. The van der Waals surface area contributed by atoms with Gasteiger partial charge in [0, 0.05) is 10.4 Å². The summed E-state index contributed by atoms with van der Waals surface area (Å²) in [5.41, 5.74) is 1.62. The van der Waals surface area contributed by atoms with Crippen LogP contribution in [0, 0.1) is 19.7 Å². The first-order valence-corrected chi connectivity index (χ1v) is 10.5. The number of nitrogens with zero attached hydrogens (tertiary/aromatic N) is 2. The molecule has 0 radical (unpaired) electrons. The Morgan fingerprint density at radius 1 is 1.31 bits per heavy atom. The number of thiophene rings is 1. The molecule has 0 fully saturated rings. The average molecular weight is 436 g/mol. The Balaban J connectivity index is 1.64. The molecule has 0 bridgehead atoms. The van der Waals surface area contributed by atoms with Crippen LogP contribution in [0.1, 0.15) is 27.7 Å². The number of rotatable bonds is 7. The van der Waals surface area contributed by atoms with Crippen LogP contribution in [-0.2, 0) is 9.53 Å². The highest BCUT2D eigenvalue weighted by Gasteiger charge is 2.22. The molecule has 1 N–H and O–H groups in total. The van der Waals surface area contributed by atoms with Gasteiger partial charge in [0.15, 0.2) is 0 Å². The van der Waals surface area contributed by atoms with Gasteiger partial charge in [0.05, 0.1) is 17.9 Å². The molecule has 1 aromatic carbocycles. The normalized spacial score (nSPS) is 10.8. The standard InChI is InChI=1S/C19H18FN3O4S2/c1-4-26-18(25)15-10(2)11(3)29-17(15)21-14(24)9-28-19-23-22-16(27-19)12-6-5-7-13(20)8-12/h5-8H,4,9H2,1-3H3,(H,21,24). The predicted molar refractivity (Wildman–Crippen MR) is 109 cm³/mol. The zero-order valence-corrected chi connectivity index (χ0v) is 17.6. The number of aryl methyl sites for hydroxylation is 1. The summed E-state index contributed by atoms with van der Waals surface area (Å²) in [5.74, 6) is -1.03. The molecule has 1 amide bonds. The van der Waals surface area contributed by atoms with Gasteiger partial charge in [-0.1, -0.05) is 17.8 Å². The Labute approximate surface area is 174 Å². The van der Waals surface area contributed by atoms with Crippen molar-refractivity contribution in [2.75, 3.05) is 17.7 Å². The van der Waals surface area contributed by atoms with Crippen LogP contribution in [0.4, 0.5) is 9.39 Å². The van der Waals surface area contributed by atoms with E-state index in [0.29, 0.717) is 16.1 Å². The van der Waals surface area contributed by atoms with Gasteiger partial charge >= 0.3 is 5.97 Å². The molecule has 3 rings (SSSR count). The number of thioether (sulfide) groups is 1. The quantitative estimate of drug-likeness (QED) is 0.432. The van der Waals surface area contributed by atoms with E-state index < -0.39 is 11.8 Å². The molecular weight excluding hydrogens is 417 g/mol. The van der Waals surface area contributed by atoms with E-state index >= 15 is 0 Å². The summed E-state index contributed by atoms with van der Waals surface area (Å²) in [6.07, 6.45) is 0.